The summed E-state index contributed by atoms with van der Waals surface area (Å²) in [5, 5.41) is 3.36. The lowest BCUT2D eigenvalue weighted by Crippen LogP contribution is -2.28. The Morgan fingerprint density at radius 1 is 1.31 bits per heavy atom. The number of hydrogen-bond donors (Lipinski definition) is 1. The van der Waals surface area contributed by atoms with Crippen LogP contribution >= 0.6 is 15.9 Å². The minimum atomic E-state index is -0.194. The average molecular weight is 288 g/mol. The molecule has 0 heterocycles. The number of nitrogens with one attached hydrogen (secondary N) is 1. The number of benzene rings is 1. The lowest BCUT2D eigenvalue weighted by atomic mass is 9.90. The summed E-state index contributed by atoms with van der Waals surface area (Å²) in [6, 6.07) is 4.98. The molecule has 16 heavy (non-hydrogen) atoms. The Morgan fingerprint density at radius 3 is 2.56 bits per heavy atom. The maximum absolute atomic E-state index is 13.1. The second-order valence-electron chi connectivity index (χ2n) is 4.90. The molecule has 0 aliphatic rings. The Labute approximate surface area is 106 Å². The van der Waals surface area contributed by atoms with E-state index in [9.17, 15) is 4.39 Å². The molecule has 0 amide bonds. The molecule has 1 aromatic rings. The number of rotatable bonds is 5. The van der Waals surface area contributed by atoms with E-state index in [-0.39, 0.29) is 5.82 Å². The highest BCUT2D eigenvalue weighted by Crippen LogP contribution is 2.18. The van der Waals surface area contributed by atoms with Gasteiger partial charge in [-0.3, -0.25) is 0 Å². The van der Waals surface area contributed by atoms with Crippen LogP contribution in [0.1, 0.15) is 32.8 Å². The van der Waals surface area contributed by atoms with E-state index in [1.165, 1.54) is 6.07 Å². The van der Waals surface area contributed by atoms with Crippen molar-refractivity contribution >= 4 is 15.9 Å². The summed E-state index contributed by atoms with van der Waals surface area (Å²) >= 11 is 3.29. The summed E-state index contributed by atoms with van der Waals surface area (Å²) in [5.41, 5.74) is 1.27. The van der Waals surface area contributed by atoms with Gasteiger partial charge in [0.15, 0.2) is 0 Å². The van der Waals surface area contributed by atoms with Gasteiger partial charge in [0, 0.05) is 17.6 Å². The molecule has 3 heteroatoms. The van der Waals surface area contributed by atoms with Crippen LogP contribution in [0, 0.1) is 11.2 Å². The zero-order chi connectivity index (χ0) is 12.2. The van der Waals surface area contributed by atoms with Crippen molar-refractivity contribution in [2.45, 2.75) is 33.7 Å². The highest BCUT2D eigenvalue weighted by Gasteiger charge is 2.13. The Morgan fingerprint density at radius 2 is 2.00 bits per heavy atom. The molecular weight excluding hydrogens is 269 g/mol. The van der Waals surface area contributed by atoms with E-state index in [2.05, 4.69) is 42.0 Å². The van der Waals surface area contributed by atoms with Gasteiger partial charge in [-0.1, -0.05) is 36.7 Å². The van der Waals surface area contributed by atoms with E-state index in [1.54, 1.807) is 6.07 Å². The fourth-order valence-electron chi connectivity index (χ4n) is 1.38. The largest absolute Gasteiger partial charge is 0.312 e. The van der Waals surface area contributed by atoms with Crippen LogP contribution in [0.3, 0.4) is 0 Å². The maximum atomic E-state index is 13.1. The van der Waals surface area contributed by atoms with Crippen molar-refractivity contribution in [1.82, 2.24) is 5.32 Å². The van der Waals surface area contributed by atoms with Crippen LogP contribution < -0.4 is 5.32 Å². The Balaban J connectivity index is 2.49. The maximum Gasteiger partial charge on any atom is 0.124 e. The van der Waals surface area contributed by atoms with Crippen LogP contribution in [0.2, 0.25) is 0 Å². The molecule has 0 aromatic heterocycles. The Hall–Kier alpha value is -0.410. The average Bonchev–Trinajstić information content (AvgIpc) is 2.16. The van der Waals surface area contributed by atoms with Gasteiger partial charge in [-0.05, 0) is 35.6 Å². The predicted molar refractivity (Wildman–Crippen MR) is 69.9 cm³/mol. The van der Waals surface area contributed by atoms with Gasteiger partial charge in [-0.15, -0.1) is 0 Å². The van der Waals surface area contributed by atoms with Crippen molar-refractivity contribution < 1.29 is 4.39 Å². The van der Waals surface area contributed by atoms with E-state index in [4.69, 9.17) is 0 Å². The summed E-state index contributed by atoms with van der Waals surface area (Å²) in [6.45, 7) is 8.28. The molecule has 0 unspecified atom stereocenters. The molecule has 1 nitrogen and oxygen atoms in total. The first-order valence-corrected chi connectivity index (χ1v) is 6.38. The molecule has 1 aromatic carbocycles. The third-order valence-corrected chi connectivity index (χ3v) is 3.27. The van der Waals surface area contributed by atoms with Crippen molar-refractivity contribution in [1.29, 1.82) is 0 Å². The fraction of sp³-hybridized carbons (Fsp3) is 0.538. The van der Waals surface area contributed by atoms with E-state index >= 15 is 0 Å². The van der Waals surface area contributed by atoms with Crippen LogP contribution in [0.5, 0.6) is 0 Å². The summed E-state index contributed by atoms with van der Waals surface area (Å²) in [4.78, 5) is 0. The SMILES string of the molecule is CCC(C)(C)CNCc1cc(F)cc(Br)c1. The van der Waals surface area contributed by atoms with Gasteiger partial charge >= 0.3 is 0 Å². The van der Waals surface area contributed by atoms with Crippen LogP contribution in [0.15, 0.2) is 22.7 Å². The van der Waals surface area contributed by atoms with Crippen molar-refractivity contribution in [3.8, 4) is 0 Å². The summed E-state index contributed by atoms with van der Waals surface area (Å²) < 4.78 is 13.9. The summed E-state index contributed by atoms with van der Waals surface area (Å²) in [7, 11) is 0. The normalized spacial score (nSPS) is 11.8. The molecule has 0 atom stereocenters. The van der Waals surface area contributed by atoms with Gasteiger partial charge < -0.3 is 5.32 Å². The minimum absolute atomic E-state index is 0.194. The van der Waals surface area contributed by atoms with Crippen LogP contribution in [-0.2, 0) is 6.54 Å². The van der Waals surface area contributed by atoms with Crippen molar-refractivity contribution in [3.05, 3.63) is 34.1 Å². The quantitative estimate of drug-likeness (QED) is 0.859. The first-order chi connectivity index (χ1) is 7.43. The first kappa shape index (κ1) is 13.7. The Kier molecular flexibility index (Phi) is 4.93. The predicted octanol–water partition coefficient (Wildman–Crippen LogP) is 4.11. The lowest BCUT2D eigenvalue weighted by molar-refractivity contribution is 0.327. The molecule has 0 fully saturated rings. The van der Waals surface area contributed by atoms with Gasteiger partial charge in [0.2, 0.25) is 0 Å². The van der Waals surface area contributed by atoms with Crippen LogP contribution in [-0.4, -0.2) is 6.54 Å². The van der Waals surface area contributed by atoms with Gasteiger partial charge in [0.05, 0.1) is 0 Å². The van der Waals surface area contributed by atoms with Gasteiger partial charge in [0.25, 0.3) is 0 Å². The van der Waals surface area contributed by atoms with E-state index < -0.39 is 0 Å². The molecule has 1 N–H and O–H groups in total. The van der Waals surface area contributed by atoms with Crippen molar-refractivity contribution in [2.24, 2.45) is 5.41 Å². The molecule has 0 aliphatic heterocycles. The second-order valence-corrected chi connectivity index (χ2v) is 5.81. The Bertz CT molecular complexity index is 330. The van der Waals surface area contributed by atoms with Crippen molar-refractivity contribution in [2.75, 3.05) is 6.54 Å². The lowest BCUT2D eigenvalue weighted by Gasteiger charge is -2.23. The van der Waals surface area contributed by atoms with Crippen LogP contribution in [0.25, 0.3) is 0 Å². The summed E-state index contributed by atoms with van der Waals surface area (Å²) in [6.07, 6.45) is 1.13. The number of hydrogen-bond acceptors (Lipinski definition) is 1. The first-order valence-electron chi connectivity index (χ1n) is 5.58. The minimum Gasteiger partial charge on any atom is -0.312 e. The van der Waals surface area contributed by atoms with Gasteiger partial charge in [-0.25, -0.2) is 4.39 Å². The third kappa shape index (κ3) is 4.62. The third-order valence-electron chi connectivity index (χ3n) is 2.81. The summed E-state index contributed by atoms with van der Waals surface area (Å²) in [5.74, 6) is -0.194. The van der Waals surface area contributed by atoms with E-state index in [1.807, 2.05) is 6.07 Å². The second kappa shape index (κ2) is 5.78. The zero-order valence-corrected chi connectivity index (χ0v) is 11.7. The molecule has 0 aliphatic carbocycles. The molecule has 1 rings (SSSR count). The standard InChI is InChI=1S/C13H19BrFN/c1-4-13(2,3)9-16-8-10-5-11(14)7-12(15)6-10/h5-7,16H,4,8-9H2,1-3H3. The topological polar surface area (TPSA) is 12.0 Å². The fourth-order valence-corrected chi connectivity index (χ4v) is 1.90. The molecule has 0 spiro atoms. The highest BCUT2D eigenvalue weighted by molar-refractivity contribution is 9.10. The molecule has 0 saturated heterocycles. The van der Waals surface area contributed by atoms with Crippen molar-refractivity contribution in [3.63, 3.8) is 0 Å². The molecule has 90 valence electrons. The number of halogens is 2. The smallest absolute Gasteiger partial charge is 0.124 e. The van der Waals surface area contributed by atoms with Crippen LogP contribution in [0.4, 0.5) is 4.39 Å². The zero-order valence-electron chi connectivity index (χ0n) is 10.1. The van der Waals surface area contributed by atoms with Gasteiger partial charge in [0.1, 0.15) is 5.82 Å². The highest BCUT2D eigenvalue weighted by atomic mass is 79.9. The van der Waals surface area contributed by atoms with E-state index in [0.29, 0.717) is 12.0 Å². The molecular formula is C13H19BrFN. The monoisotopic (exact) mass is 287 g/mol. The van der Waals surface area contributed by atoms with Gasteiger partial charge in [-0.2, -0.15) is 0 Å². The van der Waals surface area contributed by atoms with E-state index in [0.717, 1.165) is 23.0 Å². The molecule has 0 bridgehead atoms. The molecule has 0 saturated carbocycles. The molecule has 0 radical (unpaired) electrons.